The molecule has 7 heteroatoms. The van der Waals surface area contributed by atoms with Gasteiger partial charge in [-0.25, -0.2) is 9.97 Å². The molecule has 5 heterocycles. The molecule has 1 aliphatic heterocycles. The lowest BCUT2D eigenvalue weighted by Gasteiger charge is -2.32. The van der Waals surface area contributed by atoms with E-state index in [-0.39, 0.29) is 6.71 Å². The van der Waals surface area contributed by atoms with E-state index in [1.165, 1.54) is 56.6 Å². The van der Waals surface area contributed by atoms with Crippen molar-refractivity contribution in [2.24, 2.45) is 0 Å². The summed E-state index contributed by atoms with van der Waals surface area (Å²) in [6, 6.07) is 37.2. The smallest absolute Gasteiger partial charge is 0.250 e. The average molecular weight is 552 g/mol. The Morgan fingerprint density at radius 3 is 1.72 bits per heavy atom. The van der Waals surface area contributed by atoms with Gasteiger partial charge >= 0.3 is 0 Å². The third-order valence-electron chi connectivity index (χ3n) is 7.70. The Morgan fingerprint density at radius 2 is 1.08 bits per heavy atom. The second-order valence-electron chi connectivity index (χ2n) is 9.79. The van der Waals surface area contributed by atoms with Gasteiger partial charge in [-0.2, -0.15) is 0 Å². The quantitative estimate of drug-likeness (QED) is 0.208. The van der Waals surface area contributed by atoms with Crippen molar-refractivity contribution in [1.82, 2.24) is 9.97 Å². The van der Waals surface area contributed by atoms with Gasteiger partial charge in [0.05, 0.1) is 20.2 Å². The predicted octanol–water partition coefficient (Wildman–Crippen LogP) is 7.57. The molecule has 182 valence electrons. The van der Waals surface area contributed by atoms with Gasteiger partial charge in [-0.3, -0.25) is 4.90 Å². The molecule has 39 heavy (non-hydrogen) atoms. The number of benzene rings is 4. The maximum absolute atomic E-state index is 5.00. The van der Waals surface area contributed by atoms with E-state index in [0.717, 1.165) is 16.0 Å². The number of rotatable bonds is 2. The van der Waals surface area contributed by atoms with Crippen molar-refractivity contribution in [2.75, 3.05) is 4.90 Å². The molecule has 9 rings (SSSR count). The van der Waals surface area contributed by atoms with Gasteiger partial charge in [0.25, 0.3) is 6.71 Å². The molecule has 0 saturated carbocycles. The van der Waals surface area contributed by atoms with E-state index in [2.05, 4.69) is 108 Å². The first-order chi connectivity index (χ1) is 19.4. The topological polar surface area (TPSA) is 29.0 Å². The predicted molar refractivity (Wildman–Crippen MR) is 171 cm³/mol. The van der Waals surface area contributed by atoms with Crippen LogP contribution >= 0.6 is 34.0 Å². The van der Waals surface area contributed by atoms with Crippen molar-refractivity contribution in [3.63, 3.8) is 0 Å². The van der Waals surface area contributed by atoms with Gasteiger partial charge in [-0.05, 0) is 39.9 Å². The minimum Gasteiger partial charge on any atom is -0.276 e. The number of aromatic nitrogens is 2. The Balaban J connectivity index is 1.45. The Labute approximate surface area is 236 Å². The highest BCUT2D eigenvalue weighted by atomic mass is 32.1. The van der Waals surface area contributed by atoms with Crippen LogP contribution in [0.4, 0.5) is 15.8 Å². The molecule has 4 aromatic carbocycles. The van der Waals surface area contributed by atoms with Crippen LogP contribution in [-0.4, -0.2) is 16.7 Å². The second-order valence-corrected chi connectivity index (χ2v) is 12.9. The molecule has 1 aliphatic rings. The molecule has 0 bridgehead atoms. The molecule has 0 N–H and O–H groups in total. The molecule has 8 aromatic rings. The zero-order valence-electron chi connectivity index (χ0n) is 20.5. The van der Waals surface area contributed by atoms with E-state index in [1.807, 2.05) is 22.7 Å². The minimum absolute atomic E-state index is 0.138. The Bertz CT molecular complexity index is 2130. The standard InChI is InChI=1S/C32H18BN3S3/c1-2-10-19(11-3-1)33-26-20-12-4-7-15-23(20)38-31(26)36(32-27(33)21-13-5-8-16-24(21)39-32)30-29-28(34-18-35-30)22-14-6-9-17-25(22)37-29/h1-18H. The maximum atomic E-state index is 5.00. The molecule has 4 aromatic heterocycles. The van der Waals surface area contributed by atoms with E-state index in [4.69, 9.17) is 9.97 Å². The van der Waals surface area contributed by atoms with Crippen LogP contribution in [0.3, 0.4) is 0 Å². The molecular formula is C32H18BN3S3. The zero-order valence-corrected chi connectivity index (χ0v) is 23.0. The largest absolute Gasteiger partial charge is 0.276 e. The normalized spacial score (nSPS) is 13.0. The summed E-state index contributed by atoms with van der Waals surface area (Å²) in [6.07, 6.45) is 1.74. The lowest BCUT2D eigenvalue weighted by atomic mass is 9.35. The first-order valence-corrected chi connectivity index (χ1v) is 15.3. The minimum atomic E-state index is 0.138. The second kappa shape index (κ2) is 8.23. The van der Waals surface area contributed by atoms with Crippen molar-refractivity contribution in [3.05, 3.63) is 109 Å². The van der Waals surface area contributed by atoms with Gasteiger partial charge < -0.3 is 0 Å². The highest BCUT2D eigenvalue weighted by Gasteiger charge is 2.41. The van der Waals surface area contributed by atoms with Crippen molar-refractivity contribution < 1.29 is 0 Å². The van der Waals surface area contributed by atoms with Crippen LogP contribution in [0.5, 0.6) is 0 Å². The highest BCUT2D eigenvalue weighted by Crippen LogP contribution is 2.49. The van der Waals surface area contributed by atoms with Crippen LogP contribution in [0.15, 0.2) is 109 Å². The number of anilines is 3. The van der Waals surface area contributed by atoms with E-state index >= 15 is 0 Å². The summed E-state index contributed by atoms with van der Waals surface area (Å²) in [5.74, 6) is 0.966. The van der Waals surface area contributed by atoms with Gasteiger partial charge in [0.2, 0.25) is 0 Å². The summed E-state index contributed by atoms with van der Waals surface area (Å²) in [4.78, 5) is 12.2. The van der Waals surface area contributed by atoms with E-state index in [1.54, 1.807) is 17.7 Å². The van der Waals surface area contributed by atoms with Gasteiger partial charge in [-0.1, -0.05) is 90.4 Å². The first kappa shape index (κ1) is 21.9. The molecule has 0 radical (unpaired) electrons. The van der Waals surface area contributed by atoms with Crippen LogP contribution in [0.1, 0.15) is 0 Å². The monoisotopic (exact) mass is 551 g/mol. The fourth-order valence-corrected chi connectivity index (χ4v) is 9.77. The highest BCUT2D eigenvalue weighted by molar-refractivity contribution is 7.31. The van der Waals surface area contributed by atoms with Crippen LogP contribution in [-0.2, 0) is 0 Å². The summed E-state index contributed by atoms with van der Waals surface area (Å²) < 4.78 is 4.97. The van der Waals surface area contributed by atoms with Gasteiger partial charge in [0.1, 0.15) is 6.33 Å². The average Bonchev–Trinajstić information content (AvgIpc) is 3.68. The van der Waals surface area contributed by atoms with Crippen molar-refractivity contribution in [1.29, 1.82) is 0 Å². The van der Waals surface area contributed by atoms with E-state index in [0.29, 0.717) is 0 Å². The zero-order chi connectivity index (χ0) is 25.5. The lowest BCUT2D eigenvalue weighted by molar-refractivity contribution is 1.18. The SMILES string of the molecule is c1ccc(B2c3c(sc4ccccc34)N(c3ncnc4c3sc3ccccc34)c3sc4ccccc4c32)cc1. The van der Waals surface area contributed by atoms with Gasteiger partial charge in [0.15, 0.2) is 5.82 Å². The number of fused-ring (bicyclic) bond motifs is 9. The van der Waals surface area contributed by atoms with Crippen molar-refractivity contribution in [2.45, 2.75) is 0 Å². The molecule has 0 aliphatic carbocycles. The summed E-state index contributed by atoms with van der Waals surface area (Å²) in [5.41, 5.74) is 5.08. The number of nitrogens with zero attached hydrogens (tertiary/aromatic N) is 3. The molecule has 3 nitrogen and oxygen atoms in total. The first-order valence-electron chi connectivity index (χ1n) is 12.9. The van der Waals surface area contributed by atoms with Gasteiger partial charge in [-0.15, -0.1) is 34.0 Å². The third-order valence-corrected chi connectivity index (χ3v) is 11.2. The summed E-state index contributed by atoms with van der Waals surface area (Å²) >= 11 is 5.52. The van der Waals surface area contributed by atoms with Crippen molar-refractivity contribution in [3.8, 4) is 0 Å². The fraction of sp³-hybridized carbons (Fsp3) is 0. The third kappa shape index (κ3) is 3.03. The van der Waals surface area contributed by atoms with Gasteiger partial charge in [0, 0.05) is 19.5 Å². The van der Waals surface area contributed by atoms with Crippen LogP contribution in [0.2, 0.25) is 0 Å². The van der Waals surface area contributed by atoms with Crippen LogP contribution < -0.4 is 21.3 Å². The molecule has 0 amide bonds. The maximum Gasteiger partial charge on any atom is 0.250 e. The molecule has 0 unspecified atom stereocenters. The molecule has 0 atom stereocenters. The fourth-order valence-electron chi connectivity index (χ4n) is 6.07. The summed E-state index contributed by atoms with van der Waals surface area (Å²) in [7, 11) is 0. The number of hydrogen-bond donors (Lipinski definition) is 0. The number of thiophene rings is 3. The Hall–Kier alpha value is -4.04. The van der Waals surface area contributed by atoms with Crippen LogP contribution in [0, 0.1) is 0 Å². The van der Waals surface area contributed by atoms with E-state index in [9.17, 15) is 0 Å². The molecule has 0 saturated heterocycles. The van der Waals surface area contributed by atoms with Crippen LogP contribution in [0.25, 0.3) is 40.5 Å². The Kier molecular flexibility index (Phi) is 4.61. The van der Waals surface area contributed by atoms with E-state index < -0.39 is 0 Å². The molecule has 0 fully saturated rings. The lowest BCUT2D eigenvalue weighted by Crippen LogP contribution is -2.56. The Morgan fingerprint density at radius 1 is 0.538 bits per heavy atom. The molecule has 0 spiro atoms. The van der Waals surface area contributed by atoms with Crippen molar-refractivity contribution >= 4 is 113 Å². The molecular weight excluding hydrogens is 533 g/mol. The summed E-state index contributed by atoms with van der Waals surface area (Å²) in [5, 5.41) is 6.33. The number of hydrogen-bond acceptors (Lipinski definition) is 6. The summed E-state index contributed by atoms with van der Waals surface area (Å²) in [6.45, 7) is 0.138.